The highest BCUT2D eigenvalue weighted by Gasteiger charge is 2.44. The molecule has 4 unspecified atom stereocenters. The molecule has 0 spiro atoms. The molecule has 2 rings (SSSR count). The van der Waals surface area contributed by atoms with Crippen LogP contribution in [-0.2, 0) is 4.79 Å². The molecule has 0 amide bonds. The second kappa shape index (κ2) is 3.50. The molecular weight excluding hydrogens is 185 g/mol. The highest BCUT2D eigenvalue weighted by atomic mass is 19.1. The molecular formula is C10H16FNO2. The van der Waals surface area contributed by atoms with Crippen LogP contribution in [0.25, 0.3) is 0 Å². The van der Waals surface area contributed by atoms with Crippen LogP contribution in [0, 0.1) is 11.8 Å². The summed E-state index contributed by atoms with van der Waals surface area (Å²) in [7, 11) is 0. The van der Waals surface area contributed by atoms with E-state index in [1.807, 2.05) is 4.90 Å². The zero-order chi connectivity index (χ0) is 10.3. The van der Waals surface area contributed by atoms with E-state index in [0.717, 1.165) is 13.0 Å². The van der Waals surface area contributed by atoms with Gasteiger partial charge >= 0.3 is 5.97 Å². The monoisotopic (exact) mass is 201 g/mol. The number of carbonyl (C=O) groups is 1. The molecule has 4 heteroatoms. The summed E-state index contributed by atoms with van der Waals surface area (Å²) < 4.78 is 13.3. The van der Waals surface area contributed by atoms with Crippen molar-refractivity contribution in [3.8, 4) is 0 Å². The number of carboxylic acids is 1. The van der Waals surface area contributed by atoms with E-state index in [2.05, 4.69) is 0 Å². The molecule has 0 aromatic rings. The summed E-state index contributed by atoms with van der Waals surface area (Å²) in [6.07, 6.45) is 0.894. The van der Waals surface area contributed by atoms with Gasteiger partial charge in [0.25, 0.3) is 0 Å². The van der Waals surface area contributed by atoms with Gasteiger partial charge in [0.05, 0.1) is 0 Å². The van der Waals surface area contributed by atoms with Crippen molar-refractivity contribution in [3.05, 3.63) is 0 Å². The van der Waals surface area contributed by atoms with Crippen molar-refractivity contribution >= 4 is 5.97 Å². The quantitative estimate of drug-likeness (QED) is 0.728. The number of fused-ring (bicyclic) bond motifs is 1. The Kier molecular flexibility index (Phi) is 2.47. The fourth-order valence-corrected chi connectivity index (χ4v) is 2.71. The Morgan fingerprint density at radius 1 is 1.50 bits per heavy atom. The molecule has 0 bridgehead atoms. The minimum absolute atomic E-state index is 0.0943. The molecule has 1 aliphatic carbocycles. The van der Waals surface area contributed by atoms with Crippen molar-refractivity contribution in [3.63, 3.8) is 0 Å². The minimum Gasteiger partial charge on any atom is -0.480 e. The lowest BCUT2D eigenvalue weighted by Crippen LogP contribution is -2.38. The van der Waals surface area contributed by atoms with Gasteiger partial charge in [-0.3, -0.25) is 9.69 Å². The van der Waals surface area contributed by atoms with Crippen LogP contribution in [0.1, 0.15) is 19.8 Å². The lowest BCUT2D eigenvalue weighted by atomic mass is 10.0. The predicted octanol–water partition coefficient (Wildman–Crippen LogP) is 1.14. The summed E-state index contributed by atoms with van der Waals surface area (Å²) >= 11 is 0. The van der Waals surface area contributed by atoms with Gasteiger partial charge in [0, 0.05) is 19.0 Å². The van der Waals surface area contributed by atoms with E-state index >= 15 is 0 Å². The van der Waals surface area contributed by atoms with Gasteiger partial charge in [-0.25, -0.2) is 4.39 Å². The van der Waals surface area contributed by atoms with Crippen LogP contribution in [0.3, 0.4) is 0 Å². The molecule has 1 aliphatic heterocycles. The molecule has 1 N–H and O–H groups in total. The van der Waals surface area contributed by atoms with Gasteiger partial charge in [0.1, 0.15) is 12.2 Å². The Hall–Kier alpha value is -0.640. The SMILES string of the molecule is CC(C(=O)O)N1CC2CCC(F)C2C1. The van der Waals surface area contributed by atoms with Crippen molar-refractivity contribution < 1.29 is 14.3 Å². The fourth-order valence-electron chi connectivity index (χ4n) is 2.71. The summed E-state index contributed by atoms with van der Waals surface area (Å²) in [4.78, 5) is 12.6. The first-order valence-electron chi connectivity index (χ1n) is 5.20. The molecule has 1 saturated carbocycles. The Morgan fingerprint density at radius 2 is 2.21 bits per heavy atom. The standard InChI is InChI=1S/C10H16FNO2/c1-6(10(13)14)12-4-7-2-3-9(11)8(7)5-12/h6-9H,2-5H2,1H3,(H,13,14). The number of hydrogen-bond donors (Lipinski definition) is 1. The van der Waals surface area contributed by atoms with E-state index in [4.69, 9.17) is 5.11 Å². The zero-order valence-corrected chi connectivity index (χ0v) is 8.32. The van der Waals surface area contributed by atoms with Crippen LogP contribution in [0.15, 0.2) is 0 Å². The maximum absolute atomic E-state index is 13.3. The number of halogens is 1. The van der Waals surface area contributed by atoms with E-state index in [0.29, 0.717) is 18.9 Å². The topological polar surface area (TPSA) is 40.5 Å². The second-order valence-corrected chi connectivity index (χ2v) is 4.49. The molecule has 0 aromatic heterocycles. The number of hydrogen-bond acceptors (Lipinski definition) is 2. The fraction of sp³-hybridized carbons (Fsp3) is 0.900. The summed E-state index contributed by atoms with van der Waals surface area (Å²) in [6, 6.07) is -0.465. The first kappa shape index (κ1) is 9.90. The molecule has 0 aromatic carbocycles. The smallest absolute Gasteiger partial charge is 0.320 e. The highest BCUT2D eigenvalue weighted by molar-refractivity contribution is 5.72. The third-order valence-electron chi connectivity index (χ3n) is 3.70. The predicted molar refractivity (Wildman–Crippen MR) is 49.8 cm³/mol. The number of aliphatic carboxylic acids is 1. The number of rotatable bonds is 2. The van der Waals surface area contributed by atoms with Gasteiger partial charge in [0.2, 0.25) is 0 Å². The maximum Gasteiger partial charge on any atom is 0.320 e. The molecule has 1 saturated heterocycles. The van der Waals surface area contributed by atoms with Crippen molar-refractivity contribution in [2.24, 2.45) is 11.8 Å². The Labute approximate surface area is 82.9 Å². The molecule has 4 atom stereocenters. The Balaban J connectivity index is 1.98. The minimum atomic E-state index is -0.805. The molecule has 1 heterocycles. The van der Waals surface area contributed by atoms with Crippen molar-refractivity contribution in [2.45, 2.75) is 32.0 Å². The molecule has 0 radical (unpaired) electrons. The summed E-state index contributed by atoms with van der Waals surface area (Å²) in [5.41, 5.74) is 0. The molecule has 3 nitrogen and oxygen atoms in total. The van der Waals surface area contributed by atoms with E-state index in [9.17, 15) is 9.18 Å². The molecule has 2 fully saturated rings. The normalized spacial score (nSPS) is 39.7. The van der Waals surface area contributed by atoms with Gasteiger partial charge in [-0.1, -0.05) is 0 Å². The number of likely N-dealkylation sites (tertiary alicyclic amines) is 1. The lowest BCUT2D eigenvalue weighted by Gasteiger charge is -2.21. The van der Waals surface area contributed by atoms with Crippen LogP contribution in [-0.4, -0.2) is 41.3 Å². The van der Waals surface area contributed by atoms with Gasteiger partial charge in [-0.2, -0.15) is 0 Å². The molecule has 2 aliphatic rings. The van der Waals surface area contributed by atoms with Gasteiger partial charge < -0.3 is 5.11 Å². The van der Waals surface area contributed by atoms with Crippen LogP contribution < -0.4 is 0 Å². The van der Waals surface area contributed by atoms with Crippen molar-refractivity contribution in [1.82, 2.24) is 4.90 Å². The highest BCUT2D eigenvalue weighted by Crippen LogP contribution is 2.40. The largest absolute Gasteiger partial charge is 0.480 e. The third-order valence-corrected chi connectivity index (χ3v) is 3.70. The van der Waals surface area contributed by atoms with Crippen LogP contribution in [0.4, 0.5) is 4.39 Å². The summed E-state index contributed by atoms with van der Waals surface area (Å²) in [5.74, 6) is -0.316. The molecule has 14 heavy (non-hydrogen) atoms. The van der Waals surface area contributed by atoms with E-state index in [-0.39, 0.29) is 5.92 Å². The third kappa shape index (κ3) is 1.52. The molecule has 80 valence electrons. The van der Waals surface area contributed by atoms with Crippen LogP contribution in [0.5, 0.6) is 0 Å². The van der Waals surface area contributed by atoms with Gasteiger partial charge in [-0.05, 0) is 25.7 Å². The number of carboxylic acid groups (broad SMARTS) is 1. The Morgan fingerprint density at radius 3 is 2.79 bits per heavy atom. The summed E-state index contributed by atoms with van der Waals surface area (Å²) in [6.45, 7) is 3.06. The van der Waals surface area contributed by atoms with Gasteiger partial charge in [-0.15, -0.1) is 0 Å². The zero-order valence-electron chi connectivity index (χ0n) is 8.32. The maximum atomic E-state index is 13.3. The van der Waals surface area contributed by atoms with Crippen LogP contribution >= 0.6 is 0 Å². The first-order chi connectivity index (χ1) is 6.59. The average Bonchev–Trinajstić information content (AvgIpc) is 2.67. The average molecular weight is 201 g/mol. The van der Waals surface area contributed by atoms with E-state index in [1.165, 1.54) is 0 Å². The number of nitrogens with zero attached hydrogens (tertiary/aromatic N) is 1. The second-order valence-electron chi connectivity index (χ2n) is 4.49. The lowest BCUT2D eigenvalue weighted by molar-refractivity contribution is -0.142. The van der Waals surface area contributed by atoms with E-state index in [1.54, 1.807) is 6.92 Å². The Bertz CT molecular complexity index is 246. The van der Waals surface area contributed by atoms with Crippen LogP contribution in [0.2, 0.25) is 0 Å². The number of alkyl halides is 1. The van der Waals surface area contributed by atoms with Gasteiger partial charge in [0.15, 0.2) is 0 Å². The summed E-state index contributed by atoms with van der Waals surface area (Å²) in [5, 5.41) is 8.84. The first-order valence-corrected chi connectivity index (χ1v) is 5.20. The van der Waals surface area contributed by atoms with Crippen molar-refractivity contribution in [1.29, 1.82) is 0 Å². The van der Waals surface area contributed by atoms with E-state index < -0.39 is 18.2 Å². The van der Waals surface area contributed by atoms with Crippen molar-refractivity contribution in [2.75, 3.05) is 13.1 Å².